The lowest BCUT2D eigenvalue weighted by Gasteiger charge is -2.27. The number of nitrogens with one attached hydrogen (secondary N) is 1. The van der Waals surface area contributed by atoms with Crippen molar-refractivity contribution in [3.63, 3.8) is 0 Å². The molecule has 0 unspecified atom stereocenters. The van der Waals surface area contributed by atoms with Crippen molar-refractivity contribution in [2.75, 3.05) is 13.1 Å². The predicted octanol–water partition coefficient (Wildman–Crippen LogP) is 3.98. The minimum atomic E-state index is -0.199. The van der Waals surface area contributed by atoms with Gasteiger partial charge in [0.15, 0.2) is 0 Å². The largest absolute Gasteiger partial charge is 0.446 e. The van der Waals surface area contributed by atoms with E-state index in [1.54, 1.807) is 11.1 Å². The first-order valence-electron chi connectivity index (χ1n) is 8.30. The number of carbonyl (C=O) groups excluding carboxylic acids is 1. The van der Waals surface area contributed by atoms with Crippen molar-refractivity contribution in [2.45, 2.75) is 39.2 Å². The fourth-order valence-electron chi connectivity index (χ4n) is 2.97. The molecule has 122 valence electrons. The topological polar surface area (TPSA) is 58.2 Å². The van der Waals surface area contributed by atoms with Crippen LogP contribution in [0, 0.1) is 0 Å². The first-order chi connectivity index (χ1) is 11.2. The number of amides is 1. The number of fused-ring (bicyclic) bond motifs is 1. The summed E-state index contributed by atoms with van der Waals surface area (Å²) in [6.07, 6.45) is 8.28. The molecule has 0 saturated carbocycles. The van der Waals surface area contributed by atoms with Crippen molar-refractivity contribution in [2.24, 2.45) is 0 Å². The molecule has 0 aliphatic carbocycles. The van der Waals surface area contributed by atoms with Gasteiger partial charge >= 0.3 is 6.09 Å². The van der Waals surface area contributed by atoms with Gasteiger partial charge in [0.1, 0.15) is 11.8 Å². The zero-order valence-electron chi connectivity index (χ0n) is 13.7. The maximum Gasteiger partial charge on any atom is 0.410 e. The molecular formula is C18H23N3O2. The van der Waals surface area contributed by atoms with Gasteiger partial charge in [-0.25, -0.2) is 9.78 Å². The van der Waals surface area contributed by atoms with Gasteiger partial charge < -0.3 is 14.6 Å². The van der Waals surface area contributed by atoms with Gasteiger partial charge in [-0.1, -0.05) is 19.9 Å². The summed E-state index contributed by atoms with van der Waals surface area (Å²) in [5.41, 5.74) is 3.34. The van der Waals surface area contributed by atoms with Gasteiger partial charge in [0.05, 0.1) is 0 Å². The lowest BCUT2D eigenvalue weighted by Crippen LogP contribution is -2.37. The van der Waals surface area contributed by atoms with Gasteiger partial charge in [-0.3, -0.25) is 0 Å². The Labute approximate surface area is 136 Å². The quantitative estimate of drug-likeness (QED) is 0.929. The zero-order valence-corrected chi connectivity index (χ0v) is 13.7. The molecule has 0 atom stereocenters. The van der Waals surface area contributed by atoms with Crippen molar-refractivity contribution in [3.8, 4) is 0 Å². The predicted molar refractivity (Wildman–Crippen MR) is 91.1 cm³/mol. The second-order valence-corrected chi connectivity index (χ2v) is 5.85. The van der Waals surface area contributed by atoms with Crippen molar-refractivity contribution in [3.05, 3.63) is 36.2 Å². The third-order valence-corrected chi connectivity index (χ3v) is 4.44. The molecule has 0 bridgehead atoms. The highest BCUT2D eigenvalue weighted by Crippen LogP contribution is 2.28. The minimum absolute atomic E-state index is 0.0209. The highest BCUT2D eigenvalue weighted by Gasteiger charge is 2.22. The Morgan fingerprint density at radius 2 is 2.26 bits per heavy atom. The van der Waals surface area contributed by atoms with E-state index >= 15 is 0 Å². The molecule has 5 heteroatoms. The summed E-state index contributed by atoms with van der Waals surface area (Å²) < 4.78 is 5.53. The summed E-state index contributed by atoms with van der Waals surface area (Å²) in [5.74, 6) is 0. The average Bonchev–Trinajstić information content (AvgIpc) is 3.03. The first-order valence-corrected chi connectivity index (χ1v) is 8.30. The molecule has 23 heavy (non-hydrogen) atoms. The number of carbonyl (C=O) groups is 1. The van der Waals surface area contributed by atoms with Gasteiger partial charge in [0, 0.05) is 36.4 Å². The van der Waals surface area contributed by atoms with Gasteiger partial charge in [0.2, 0.25) is 0 Å². The fraction of sp³-hybridized carbons (Fsp3) is 0.444. The summed E-state index contributed by atoms with van der Waals surface area (Å²) >= 11 is 0. The Bertz CT molecular complexity index is 716. The summed E-state index contributed by atoms with van der Waals surface area (Å²) in [4.78, 5) is 21.5. The van der Waals surface area contributed by atoms with Gasteiger partial charge in [-0.05, 0) is 37.0 Å². The van der Waals surface area contributed by atoms with E-state index in [9.17, 15) is 4.79 Å². The summed E-state index contributed by atoms with van der Waals surface area (Å²) in [7, 11) is 0. The maximum absolute atomic E-state index is 12.2. The van der Waals surface area contributed by atoms with Crippen LogP contribution in [0.25, 0.3) is 16.6 Å². The maximum atomic E-state index is 12.2. The van der Waals surface area contributed by atoms with E-state index in [-0.39, 0.29) is 12.2 Å². The third-order valence-electron chi connectivity index (χ3n) is 4.44. The van der Waals surface area contributed by atoms with E-state index in [2.05, 4.69) is 22.1 Å². The van der Waals surface area contributed by atoms with Crippen LogP contribution in [0.3, 0.4) is 0 Å². The van der Waals surface area contributed by atoms with Crippen LogP contribution in [-0.2, 0) is 4.74 Å². The lowest BCUT2D eigenvalue weighted by atomic mass is 10.00. The fourth-order valence-corrected chi connectivity index (χ4v) is 2.97. The van der Waals surface area contributed by atoms with Gasteiger partial charge in [0.25, 0.3) is 0 Å². The molecule has 0 aromatic carbocycles. The summed E-state index contributed by atoms with van der Waals surface area (Å²) in [6.45, 7) is 5.38. The van der Waals surface area contributed by atoms with Crippen LogP contribution < -0.4 is 0 Å². The smallest absolute Gasteiger partial charge is 0.410 e. The Hall–Kier alpha value is -2.30. The number of hydrogen-bond donors (Lipinski definition) is 1. The van der Waals surface area contributed by atoms with E-state index in [1.165, 1.54) is 11.1 Å². The van der Waals surface area contributed by atoms with Crippen LogP contribution in [0.5, 0.6) is 0 Å². The SMILES string of the molecule is CCC(CC)OC(=O)N1CC=C(c2c[nH]c3ncccc23)CC1. The Morgan fingerprint density at radius 1 is 1.43 bits per heavy atom. The molecule has 1 aliphatic heterocycles. The Kier molecular flexibility index (Phi) is 4.65. The molecule has 2 aromatic heterocycles. The van der Waals surface area contributed by atoms with E-state index in [4.69, 9.17) is 4.74 Å². The van der Waals surface area contributed by atoms with Gasteiger partial charge in [-0.15, -0.1) is 0 Å². The number of H-pyrrole nitrogens is 1. The molecular weight excluding hydrogens is 290 g/mol. The van der Waals surface area contributed by atoms with Crippen LogP contribution in [0.4, 0.5) is 4.79 Å². The van der Waals surface area contributed by atoms with Crippen molar-refractivity contribution in [1.82, 2.24) is 14.9 Å². The highest BCUT2D eigenvalue weighted by atomic mass is 16.6. The molecule has 3 rings (SSSR count). The normalized spacial score (nSPS) is 15.1. The van der Waals surface area contributed by atoms with E-state index in [1.807, 2.05) is 26.1 Å². The van der Waals surface area contributed by atoms with Crippen molar-refractivity contribution < 1.29 is 9.53 Å². The number of hydrogen-bond acceptors (Lipinski definition) is 3. The minimum Gasteiger partial charge on any atom is -0.446 e. The number of aromatic nitrogens is 2. The van der Waals surface area contributed by atoms with E-state index in [0.29, 0.717) is 13.1 Å². The van der Waals surface area contributed by atoms with Crippen molar-refractivity contribution in [1.29, 1.82) is 0 Å². The molecule has 1 amide bonds. The monoisotopic (exact) mass is 313 g/mol. The zero-order chi connectivity index (χ0) is 16.2. The number of rotatable bonds is 4. The third kappa shape index (κ3) is 3.23. The summed E-state index contributed by atoms with van der Waals surface area (Å²) in [6, 6.07) is 4.02. The number of ether oxygens (including phenoxy) is 1. The Morgan fingerprint density at radius 3 is 2.96 bits per heavy atom. The van der Waals surface area contributed by atoms with Crippen LogP contribution in [-0.4, -0.2) is 40.2 Å². The molecule has 0 fully saturated rings. The molecule has 0 radical (unpaired) electrons. The summed E-state index contributed by atoms with van der Waals surface area (Å²) in [5, 5.41) is 1.13. The standard InChI is InChI=1S/C18H23N3O2/c1-3-14(4-2)23-18(22)21-10-7-13(8-11-21)16-12-20-17-15(16)6-5-9-19-17/h5-7,9,12,14H,3-4,8,10-11H2,1-2H3,(H,19,20). The Balaban J connectivity index is 1.70. The van der Waals surface area contributed by atoms with Crippen LogP contribution >= 0.6 is 0 Å². The van der Waals surface area contributed by atoms with Crippen LogP contribution in [0.2, 0.25) is 0 Å². The average molecular weight is 313 g/mol. The number of pyridine rings is 1. The number of aromatic amines is 1. The molecule has 3 heterocycles. The molecule has 2 aromatic rings. The van der Waals surface area contributed by atoms with E-state index in [0.717, 1.165) is 30.3 Å². The number of nitrogens with zero attached hydrogens (tertiary/aromatic N) is 2. The van der Waals surface area contributed by atoms with Crippen LogP contribution in [0.1, 0.15) is 38.7 Å². The molecule has 1 N–H and O–H groups in total. The molecule has 0 saturated heterocycles. The van der Waals surface area contributed by atoms with Crippen molar-refractivity contribution >= 4 is 22.7 Å². The molecule has 1 aliphatic rings. The molecule has 5 nitrogen and oxygen atoms in total. The molecule has 0 spiro atoms. The van der Waals surface area contributed by atoms with Gasteiger partial charge in [-0.2, -0.15) is 0 Å². The highest BCUT2D eigenvalue weighted by molar-refractivity contribution is 5.91. The van der Waals surface area contributed by atoms with Crippen LogP contribution in [0.15, 0.2) is 30.6 Å². The lowest BCUT2D eigenvalue weighted by molar-refractivity contribution is 0.0618. The second kappa shape index (κ2) is 6.86. The van der Waals surface area contributed by atoms with E-state index < -0.39 is 0 Å². The second-order valence-electron chi connectivity index (χ2n) is 5.85. The first kappa shape index (κ1) is 15.6.